The minimum Gasteiger partial charge on any atom is -0.478 e. The van der Waals surface area contributed by atoms with E-state index in [1.165, 1.54) is 12.1 Å². The number of halogens is 1. The van der Waals surface area contributed by atoms with Gasteiger partial charge in [-0.05, 0) is 53.6 Å². The molecule has 0 fully saturated rings. The first kappa shape index (κ1) is 20.8. The highest BCUT2D eigenvalue weighted by atomic mass is 35.5. The molecule has 156 valence electrons. The molecule has 3 aromatic rings. The van der Waals surface area contributed by atoms with Crippen LogP contribution in [0.5, 0.6) is 0 Å². The van der Waals surface area contributed by atoms with Crippen LogP contribution in [0, 0.1) is 0 Å². The third-order valence-electron chi connectivity index (χ3n) is 5.35. The third kappa shape index (κ3) is 4.49. The Morgan fingerprint density at radius 3 is 2.55 bits per heavy atom. The first-order chi connectivity index (χ1) is 14.9. The zero-order chi connectivity index (χ0) is 22.0. The van der Waals surface area contributed by atoms with Gasteiger partial charge in [0, 0.05) is 41.9 Å². The van der Waals surface area contributed by atoms with Crippen molar-refractivity contribution < 1.29 is 19.5 Å². The highest BCUT2D eigenvalue weighted by molar-refractivity contribution is 6.30. The average Bonchev–Trinajstić information content (AvgIpc) is 2.85. The van der Waals surface area contributed by atoms with E-state index in [2.05, 4.69) is 4.98 Å². The van der Waals surface area contributed by atoms with Gasteiger partial charge in [-0.1, -0.05) is 29.8 Å². The van der Waals surface area contributed by atoms with Crippen molar-refractivity contribution in [1.29, 1.82) is 0 Å². The molecule has 1 aliphatic rings. The normalized spacial score (nSPS) is 16.0. The number of hydrogen-bond acceptors (Lipinski definition) is 4. The molecule has 0 bridgehead atoms. The highest BCUT2D eigenvalue weighted by Crippen LogP contribution is 2.26. The van der Waals surface area contributed by atoms with Crippen LogP contribution < -0.4 is 0 Å². The van der Waals surface area contributed by atoms with Crippen molar-refractivity contribution in [2.75, 3.05) is 0 Å². The van der Waals surface area contributed by atoms with Crippen molar-refractivity contribution in [3.05, 3.63) is 99.8 Å². The zero-order valence-electron chi connectivity index (χ0n) is 16.5. The van der Waals surface area contributed by atoms with Crippen LogP contribution in [0.2, 0.25) is 5.02 Å². The summed E-state index contributed by atoms with van der Waals surface area (Å²) in [4.78, 5) is 43.7. The summed E-state index contributed by atoms with van der Waals surface area (Å²) in [6, 6.07) is 16.0. The van der Waals surface area contributed by atoms with Crippen molar-refractivity contribution in [2.24, 2.45) is 0 Å². The molecule has 31 heavy (non-hydrogen) atoms. The van der Waals surface area contributed by atoms with Crippen molar-refractivity contribution >= 4 is 29.3 Å². The van der Waals surface area contributed by atoms with E-state index in [9.17, 15) is 14.4 Å². The largest absolute Gasteiger partial charge is 0.478 e. The average molecular weight is 435 g/mol. The number of pyridine rings is 1. The van der Waals surface area contributed by atoms with Gasteiger partial charge in [0.1, 0.15) is 0 Å². The maximum atomic E-state index is 13.5. The summed E-state index contributed by atoms with van der Waals surface area (Å²) in [5.74, 6) is -1.38. The van der Waals surface area contributed by atoms with Crippen molar-refractivity contribution in [3.8, 4) is 0 Å². The van der Waals surface area contributed by atoms with Crippen molar-refractivity contribution in [1.82, 2.24) is 9.88 Å². The molecule has 1 aliphatic heterocycles. The molecule has 4 rings (SSSR count). The maximum absolute atomic E-state index is 13.5. The minimum atomic E-state index is -1.02. The van der Waals surface area contributed by atoms with Crippen LogP contribution in [-0.4, -0.2) is 38.7 Å². The third-order valence-corrected chi connectivity index (χ3v) is 5.59. The van der Waals surface area contributed by atoms with Gasteiger partial charge in [0.25, 0.3) is 5.91 Å². The summed E-state index contributed by atoms with van der Waals surface area (Å²) < 4.78 is 0. The van der Waals surface area contributed by atoms with Gasteiger partial charge >= 0.3 is 5.97 Å². The van der Waals surface area contributed by atoms with Gasteiger partial charge in [0.2, 0.25) is 0 Å². The number of aromatic carboxylic acids is 1. The van der Waals surface area contributed by atoms with E-state index in [4.69, 9.17) is 16.7 Å². The second kappa shape index (κ2) is 8.70. The SMILES string of the molecule is O=C(O)c1ccc(CN2C(=O)c3ccc(Cl)cc3CC(=O)[C@@H]2Cc2ccccn2)cc1. The minimum absolute atomic E-state index is 0.0952. The smallest absolute Gasteiger partial charge is 0.335 e. The molecule has 6 nitrogen and oxygen atoms in total. The standard InChI is InChI=1S/C24H19ClN2O4/c25-18-8-9-20-17(11-18)12-22(28)21(13-19-3-1-2-10-26-19)27(23(20)29)14-15-4-6-16(7-5-15)24(30)31/h1-11,21H,12-14H2,(H,30,31)/t21-/m0/s1. The number of rotatable bonds is 5. The summed E-state index contributed by atoms with van der Waals surface area (Å²) in [5.41, 5.74) is 2.66. The fourth-order valence-corrected chi connectivity index (χ4v) is 3.96. The molecule has 1 aromatic heterocycles. The van der Waals surface area contributed by atoms with Gasteiger partial charge in [0.05, 0.1) is 11.6 Å². The summed E-state index contributed by atoms with van der Waals surface area (Å²) in [6.45, 7) is 0.171. The van der Waals surface area contributed by atoms with Gasteiger partial charge in [-0.15, -0.1) is 0 Å². The summed E-state index contributed by atoms with van der Waals surface area (Å²) >= 11 is 6.10. The number of nitrogens with zero attached hydrogens (tertiary/aromatic N) is 2. The molecule has 1 atom stereocenters. The summed E-state index contributed by atoms with van der Waals surface area (Å²) in [7, 11) is 0. The van der Waals surface area contributed by atoms with Crippen LogP contribution in [0.3, 0.4) is 0 Å². The fourth-order valence-electron chi connectivity index (χ4n) is 3.77. The van der Waals surface area contributed by atoms with Crippen LogP contribution in [0.25, 0.3) is 0 Å². The predicted molar refractivity (Wildman–Crippen MR) is 115 cm³/mol. The van der Waals surface area contributed by atoms with Crippen LogP contribution >= 0.6 is 11.6 Å². The number of carboxylic acid groups (broad SMARTS) is 1. The molecule has 0 saturated carbocycles. The Kier molecular flexibility index (Phi) is 5.82. The number of carbonyl (C=O) groups excluding carboxylic acids is 2. The second-order valence-corrected chi connectivity index (χ2v) is 7.86. The van der Waals surface area contributed by atoms with E-state index < -0.39 is 12.0 Å². The van der Waals surface area contributed by atoms with E-state index in [0.29, 0.717) is 28.3 Å². The Morgan fingerprint density at radius 1 is 1.10 bits per heavy atom. The van der Waals surface area contributed by atoms with E-state index in [1.807, 2.05) is 12.1 Å². The predicted octanol–water partition coefficient (Wildman–Crippen LogP) is 3.81. The van der Waals surface area contributed by atoms with Crippen LogP contribution in [0.15, 0.2) is 66.9 Å². The summed E-state index contributed by atoms with van der Waals surface area (Å²) in [5, 5.41) is 9.59. The van der Waals surface area contributed by atoms with Crippen LogP contribution in [-0.2, 0) is 24.2 Å². The Balaban J connectivity index is 1.73. The highest BCUT2D eigenvalue weighted by Gasteiger charge is 2.35. The number of aromatic nitrogens is 1. The first-order valence-corrected chi connectivity index (χ1v) is 10.1. The van der Waals surface area contributed by atoms with E-state index >= 15 is 0 Å². The number of carboxylic acids is 1. The lowest BCUT2D eigenvalue weighted by molar-refractivity contribution is -0.122. The van der Waals surface area contributed by atoms with Crippen molar-refractivity contribution in [2.45, 2.75) is 25.4 Å². The molecule has 0 radical (unpaired) electrons. The number of hydrogen-bond donors (Lipinski definition) is 1. The molecular formula is C24H19ClN2O4. The molecular weight excluding hydrogens is 416 g/mol. The molecule has 7 heteroatoms. The zero-order valence-corrected chi connectivity index (χ0v) is 17.2. The van der Waals surface area contributed by atoms with E-state index in [-0.39, 0.29) is 30.2 Å². The first-order valence-electron chi connectivity index (χ1n) is 9.76. The van der Waals surface area contributed by atoms with E-state index in [0.717, 1.165) is 5.56 Å². The van der Waals surface area contributed by atoms with Gasteiger partial charge in [-0.2, -0.15) is 0 Å². The fraction of sp³-hybridized carbons (Fsp3) is 0.167. The van der Waals surface area contributed by atoms with Crippen LogP contribution in [0.1, 0.15) is 37.5 Å². The molecule has 0 saturated heterocycles. The van der Waals surface area contributed by atoms with Gasteiger partial charge in [-0.25, -0.2) is 4.79 Å². The van der Waals surface area contributed by atoms with Gasteiger partial charge in [-0.3, -0.25) is 14.6 Å². The lowest BCUT2D eigenvalue weighted by Crippen LogP contribution is -2.44. The molecule has 2 aromatic carbocycles. The van der Waals surface area contributed by atoms with Crippen LogP contribution in [0.4, 0.5) is 0 Å². The van der Waals surface area contributed by atoms with Crippen molar-refractivity contribution in [3.63, 3.8) is 0 Å². The Labute approximate surface area is 184 Å². The number of carbonyl (C=O) groups is 3. The second-order valence-electron chi connectivity index (χ2n) is 7.42. The van der Waals surface area contributed by atoms with Gasteiger partial charge in [0.15, 0.2) is 5.78 Å². The number of ketones is 1. The molecule has 1 N–H and O–H groups in total. The molecule has 2 heterocycles. The lowest BCUT2D eigenvalue weighted by Gasteiger charge is -2.29. The number of benzene rings is 2. The quantitative estimate of drug-likeness (QED) is 0.659. The maximum Gasteiger partial charge on any atom is 0.335 e. The lowest BCUT2D eigenvalue weighted by atomic mass is 9.99. The van der Waals surface area contributed by atoms with E-state index in [1.54, 1.807) is 47.5 Å². The summed E-state index contributed by atoms with van der Waals surface area (Å²) in [6.07, 6.45) is 2.05. The Morgan fingerprint density at radius 2 is 1.87 bits per heavy atom. The number of fused-ring (bicyclic) bond motifs is 1. The Hall–Kier alpha value is -3.51. The number of amides is 1. The monoisotopic (exact) mass is 434 g/mol. The molecule has 0 unspecified atom stereocenters. The molecule has 1 amide bonds. The molecule has 0 aliphatic carbocycles. The Bertz CT molecular complexity index is 1150. The van der Waals surface area contributed by atoms with Gasteiger partial charge < -0.3 is 10.0 Å². The molecule has 0 spiro atoms. The topological polar surface area (TPSA) is 87.6 Å². The number of Topliss-reactive ketones (excluding diaryl/α,β-unsaturated/α-hetero) is 1.